The molecule has 106 valence electrons. The van der Waals surface area contributed by atoms with Crippen molar-refractivity contribution >= 4 is 5.97 Å². The highest BCUT2D eigenvalue weighted by atomic mass is 19.1. The minimum absolute atomic E-state index is 0.268. The molecule has 7 heteroatoms. The van der Waals surface area contributed by atoms with E-state index in [0.29, 0.717) is 0 Å². The van der Waals surface area contributed by atoms with Gasteiger partial charge in [-0.3, -0.25) is 0 Å². The summed E-state index contributed by atoms with van der Waals surface area (Å²) in [6.45, 7) is 0. The maximum atomic E-state index is 13.7. The molecule has 2 rings (SSSR count). The smallest absolute Gasteiger partial charge is 0.342 e. The molecule has 0 amide bonds. The van der Waals surface area contributed by atoms with Crippen molar-refractivity contribution in [2.75, 3.05) is 0 Å². The molecule has 0 aliphatic heterocycles. The summed E-state index contributed by atoms with van der Waals surface area (Å²) < 4.78 is 45.6. The number of nitrogens with zero attached hydrogens (tertiary/aromatic N) is 1. The first-order valence-corrected chi connectivity index (χ1v) is 5.53. The van der Waals surface area contributed by atoms with Crippen molar-refractivity contribution in [3.8, 4) is 17.6 Å². The second-order valence-corrected chi connectivity index (χ2v) is 3.90. The largest absolute Gasteiger partial charge is 0.477 e. The number of rotatable bonds is 3. The molecule has 0 aromatic heterocycles. The zero-order chi connectivity index (χ0) is 15.6. The van der Waals surface area contributed by atoms with Gasteiger partial charge in [-0.05, 0) is 24.3 Å². The molecule has 0 atom stereocenters. The van der Waals surface area contributed by atoms with Crippen molar-refractivity contribution in [3.05, 3.63) is 58.9 Å². The Kier molecular flexibility index (Phi) is 3.80. The highest BCUT2D eigenvalue weighted by Crippen LogP contribution is 2.31. The lowest BCUT2D eigenvalue weighted by molar-refractivity contribution is 0.0688. The van der Waals surface area contributed by atoms with Crippen LogP contribution in [0.5, 0.6) is 11.5 Å². The lowest BCUT2D eigenvalue weighted by atomic mass is 10.2. The lowest BCUT2D eigenvalue weighted by Gasteiger charge is -2.11. The number of carboxylic acid groups (broad SMARTS) is 1. The van der Waals surface area contributed by atoms with Crippen LogP contribution in [0.25, 0.3) is 0 Å². The average Bonchev–Trinajstić information content (AvgIpc) is 2.42. The first kappa shape index (κ1) is 14.4. The SMILES string of the molecule is N#Cc1cc(F)c(Oc2cccc(F)c2C(=O)O)c(F)c1. The summed E-state index contributed by atoms with van der Waals surface area (Å²) in [5.74, 6) is -6.61. The van der Waals surface area contributed by atoms with E-state index >= 15 is 0 Å². The quantitative estimate of drug-likeness (QED) is 0.940. The standard InChI is InChI=1S/C14H6F3NO3/c15-8-2-1-3-11(12(8)14(19)20)21-13-9(16)4-7(6-18)5-10(13)17/h1-5H,(H,19,20). The Balaban J connectivity index is 2.52. The van der Waals surface area contributed by atoms with Crippen LogP contribution in [-0.4, -0.2) is 11.1 Å². The van der Waals surface area contributed by atoms with Gasteiger partial charge in [0, 0.05) is 0 Å². The van der Waals surface area contributed by atoms with Crippen molar-refractivity contribution < 1.29 is 27.8 Å². The van der Waals surface area contributed by atoms with E-state index in [1.54, 1.807) is 6.07 Å². The Hall–Kier alpha value is -3.01. The molecule has 0 saturated heterocycles. The number of halogens is 3. The maximum absolute atomic E-state index is 13.7. The number of carboxylic acids is 1. The number of aromatic carboxylic acids is 1. The summed E-state index contributed by atoms with van der Waals surface area (Å²) in [6.07, 6.45) is 0. The molecule has 0 aliphatic rings. The predicted molar refractivity (Wildman–Crippen MR) is 64.5 cm³/mol. The fourth-order valence-electron chi connectivity index (χ4n) is 1.63. The van der Waals surface area contributed by atoms with Gasteiger partial charge in [0.15, 0.2) is 17.4 Å². The third-order valence-electron chi connectivity index (χ3n) is 2.53. The van der Waals surface area contributed by atoms with Crippen LogP contribution in [0.2, 0.25) is 0 Å². The number of hydrogen-bond donors (Lipinski definition) is 1. The minimum Gasteiger partial charge on any atom is -0.477 e. The van der Waals surface area contributed by atoms with Crippen molar-refractivity contribution in [2.24, 2.45) is 0 Å². The molecule has 4 nitrogen and oxygen atoms in total. The van der Waals surface area contributed by atoms with Crippen LogP contribution in [0.3, 0.4) is 0 Å². The fraction of sp³-hybridized carbons (Fsp3) is 0. The molecule has 0 saturated carbocycles. The van der Waals surface area contributed by atoms with E-state index in [1.165, 1.54) is 0 Å². The van der Waals surface area contributed by atoms with E-state index in [1.807, 2.05) is 0 Å². The molecule has 0 bridgehead atoms. The van der Waals surface area contributed by atoms with Gasteiger partial charge in [0.1, 0.15) is 17.1 Å². The summed E-state index contributed by atoms with van der Waals surface area (Å²) in [4.78, 5) is 11.0. The highest BCUT2D eigenvalue weighted by molar-refractivity contribution is 5.91. The van der Waals surface area contributed by atoms with Gasteiger partial charge >= 0.3 is 5.97 Å². The van der Waals surface area contributed by atoms with Gasteiger partial charge in [0.2, 0.25) is 0 Å². The molecule has 2 aromatic rings. The maximum Gasteiger partial charge on any atom is 0.342 e. The second kappa shape index (κ2) is 5.54. The van der Waals surface area contributed by atoms with E-state index in [0.717, 1.165) is 30.3 Å². The molecule has 0 heterocycles. The van der Waals surface area contributed by atoms with Crippen LogP contribution >= 0.6 is 0 Å². The number of hydrogen-bond acceptors (Lipinski definition) is 3. The Labute approximate surface area is 116 Å². The number of benzene rings is 2. The van der Waals surface area contributed by atoms with Crippen molar-refractivity contribution in [3.63, 3.8) is 0 Å². The molecular weight excluding hydrogens is 287 g/mol. The Bertz CT molecular complexity index is 746. The topological polar surface area (TPSA) is 70.3 Å². The summed E-state index contributed by atoms with van der Waals surface area (Å²) in [5.41, 5.74) is -1.12. The Morgan fingerprint density at radius 1 is 1.14 bits per heavy atom. The van der Waals surface area contributed by atoms with Gasteiger partial charge in [0.05, 0.1) is 11.6 Å². The molecule has 21 heavy (non-hydrogen) atoms. The number of carbonyl (C=O) groups is 1. The lowest BCUT2D eigenvalue weighted by Crippen LogP contribution is -2.04. The summed E-state index contributed by atoms with van der Waals surface area (Å²) in [7, 11) is 0. The van der Waals surface area contributed by atoms with Gasteiger partial charge < -0.3 is 9.84 Å². The summed E-state index contributed by atoms with van der Waals surface area (Å²) >= 11 is 0. The van der Waals surface area contributed by atoms with E-state index < -0.39 is 40.5 Å². The van der Waals surface area contributed by atoms with E-state index in [2.05, 4.69) is 0 Å². The van der Waals surface area contributed by atoms with Gasteiger partial charge in [-0.15, -0.1) is 0 Å². The zero-order valence-electron chi connectivity index (χ0n) is 10.2. The first-order valence-electron chi connectivity index (χ1n) is 5.53. The van der Waals surface area contributed by atoms with Crippen LogP contribution < -0.4 is 4.74 Å². The van der Waals surface area contributed by atoms with Gasteiger partial charge in [-0.2, -0.15) is 5.26 Å². The van der Waals surface area contributed by atoms with Crippen LogP contribution in [0.15, 0.2) is 30.3 Å². The van der Waals surface area contributed by atoms with Crippen LogP contribution in [0, 0.1) is 28.8 Å². The summed E-state index contributed by atoms with van der Waals surface area (Å²) in [6, 6.07) is 6.06. The van der Waals surface area contributed by atoms with Crippen LogP contribution in [0.1, 0.15) is 15.9 Å². The Morgan fingerprint density at radius 3 is 2.29 bits per heavy atom. The predicted octanol–water partition coefficient (Wildman–Crippen LogP) is 3.47. The minimum atomic E-state index is -1.64. The highest BCUT2D eigenvalue weighted by Gasteiger charge is 2.20. The monoisotopic (exact) mass is 293 g/mol. The molecule has 0 fully saturated rings. The van der Waals surface area contributed by atoms with Gasteiger partial charge in [-0.25, -0.2) is 18.0 Å². The van der Waals surface area contributed by atoms with E-state index in [9.17, 15) is 18.0 Å². The normalized spacial score (nSPS) is 10.0. The van der Waals surface area contributed by atoms with Gasteiger partial charge in [0.25, 0.3) is 0 Å². The average molecular weight is 293 g/mol. The number of nitriles is 1. The first-order chi connectivity index (χ1) is 9.93. The van der Waals surface area contributed by atoms with Crippen molar-refractivity contribution in [2.45, 2.75) is 0 Å². The van der Waals surface area contributed by atoms with Crippen LogP contribution in [0.4, 0.5) is 13.2 Å². The van der Waals surface area contributed by atoms with Crippen molar-refractivity contribution in [1.29, 1.82) is 5.26 Å². The Morgan fingerprint density at radius 2 is 1.76 bits per heavy atom. The van der Waals surface area contributed by atoms with Crippen LogP contribution in [-0.2, 0) is 0 Å². The molecule has 1 N–H and O–H groups in total. The second-order valence-electron chi connectivity index (χ2n) is 3.90. The molecule has 0 radical (unpaired) electrons. The molecule has 2 aromatic carbocycles. The number of ether oxygens (including phenoxy) is 1. The third kappa shape index (κ3) is 2.79. The molecule has 0 unspecified atom stereocenters. The van der Waals surface area contributed by atoms with Crippen molar-refractivity contribution in [1.82, 2.24) is 0 Å². The summed E-state index contributed by atoms with van der Waals surface area (Å²) in [5, 5.41) is 17.5. The molecular formula is C14H6F3NO3. The fourth-order valence-corrected chi connectivity index (χ4v) is 1.63. The zero-order valence-corrected chi connectivity index (χ0v) is 10.2. The molecule has 0 aliphatic carbocycles. The van der Waals surface area contributed by atoms with Gasteiger partial charge in [-0.1, -0.05) is 6.07 Å². The van der Waals surface area contributed by atoms with E-state index in [4.69, 9.17) is 15.1 Å². The van der Waals surface area contributed by atoms with E-state index in [-0.39, 0.29) is 5.56 Å². The third-order valence-corrected chi connectivity index (χ3v) is 2.53. The molecule has 0 spiro atoms.